The number of hydrogen-bond donors (Lipinski definition) is 1. The molecule has 0 spiro atoms. The molecule has 0 saturated carbocycles. The molecule has 7 heteroatoms. The first-order chi connectivity index (χ1) is 18.7. The molecule has 5 rings (SSSR count). The van der Waals surface area contributed by atoms with Gasteiger partial charge >= 0.3 is 0 Å². The van der Waals surface area contributed by atoms with E-state index in [0.717, 1.165) is 16.7 Å². The number of anilines is 1. The number of nitrogen functional groups attached to an aromatic ring is 1. The summed E-state index contributed by atoms with van der Waals surface area (Å²) in [5.74, 6) is 0.581. The minimum absolute atomic E-state index is 0.0403. The third-order valence-electron chi connectivity index (χ3n) is 7.10. The number of rotatable bonds is 7. The smallest absolute Gasteiger partial charge is 0.254 e. The van der Waals surface area contributed by atoms with Crippen molar-refractivity contribution in [3.05, 3.63) is 88.4 Å². The fourth-order valence-corrected chi connectivity index (χ4v) is 6.01. The highest BCUT2D eigenvalue weighted by atomic mass is 32.1. The summed E-state index contributed by atoms with van der Waals surface area (Å²) in [7, 11) is 0. The molecule has 2 aromatic heterocycles. The Morgan fingerprint density at radius 2 is 1.90 bits per heavy atom. The number of fused-ring (bicyclic) bond motifs is 1. The Morgan fingerprint density at radius 1 is 1.10 bits per heavy atom. The van der Waals surface area contributed by atoms with Gasteiger partial charge in [-0.3, -0.25) is 9.59 Å². The maximum Gasteiger partial charge on any atom is 0.254 e. The van der Waals surface area contributed by atoms with Crippen LogP contribution in [0, 0.1) is 6.92 Å². The molecule has 0 aliphatic carbocycles. The number of benzene rings is 2. The lowest BCUT2D eigenvalue weighted by atomic mass is 9.98. The van der Waals surface area contributed by atoms with Crippen LogP contribution in [0.25, 0.3) is 27.3 Å². The van der Waals surface area contributed by atoms with E-state index >= 15 is 0 Å². The number of carbonyl (C=O) groups is 2. The highest BCUT2D eigenvalue weighted by Crippen LogP contribution is 2.34. The van der Waals surface area contributed by atoms with E-state index < -0.39 is 0 Å². The predicted molar refractivity (Wildman–Crippen MR) is 159 cm³/mol. The number of hydrogen-bond acceptors (Lipinski definition) is 6. The third kappa shape index (κ3) is 6.10. The van der Waals surface area contributed by atoms with Crippen LogP contribution in [0.5, 0.6) is 0 Å². The first-order valence-electron chi connectivity index (χ1n) is 13.2. The van der Waals surface area contributed by atoms with Crippen molar-refractivity contribution in [2.75, 3.05) is 25.5 Å². The summed E-state index contributed by atoms with van der Waals surface area (Å²) in [4.78, 5) is 32.7. The van der Waals surface area contributed by atoms with Crippen LogP contribution >= 0.6 is 11.3 Å². The van der Waals surface area contributed by atoms with Crippen LogP contribution in [-0.2, 0) is 16.0 Å². The highest BCUT2D eigenvalue weighted by molar-refractivity contribution is 7.19. The second-order valence-corrected chi connectivity index (χ2v) is 11.8. The van der Waals surface area contributed by atoms with Crippen molar-refractivity contribution in [1.29, 1.82) is 0 Å². The number of morpholine rings is 1. The Morgan fingerprint density at radius 3 is 2.62 bits per heavy atom. The lowest BCUT2D eigenvalue weighted by Gasteiger charge is -2.42. The summed E-state index contributed by atoms with van der Waals surface area (Å²) in [5, 5.41) is 1.18. The Labute approximate surface area is 233 Å². The fourth-order valence-electron chi connectivity index (χ4n) is 4.90. The normalized spacial score (nSPS) is 15.2. The van der Waals surface area contributed by atoms with Gasteiger partial charge in [-0.1, -0.05) is 12.1 Å². The molecule has 0 bridgehead atoms. The van der Waals surface area contributed by atoms with Crippen molar-refractivity contribution in [1.82, 2.24) is 9.88 Å². The molecule has 0 radical (unpaired) electrons. The Bertz CT molecular complexity index is 1540. The van der Waals surface area contributed by atoms with Crippen molar-refractivity contribution in [2.24, 2.45) is 0 Å². The predicted octanol–water partition coefficient (Wildman–Crippen LogP) is 6.32. The molecule has 1 aliphatic rings. The van der Waals surface area contributed by atoms with Gasteiger partial charge in [0.25, 0.3) is 5.91 Å². The molecule has 1 amide bonds. The standard InChI is InChI=1S/C32H33N3O3S/c1-21-16-25(23-6-8-24(9-7-23)31(37)35-14-15-38-20-32(35,2)3)17-26-18-28(39-30(21)26)12-11-27(36)10-4-22-5-13-29(33)34-19-22/h4-10,13,16-19H,11-12,14-15,20H2,1-3H3,(H2,33,34)/b10-4+. The zero-order valence-electron chi connectivity index (χ0n) is 22.6. The van der Waals surface area contributed by atoms with Gasteiger partial charge in [0, 0.05) is 34.3 Å². The van der Waals surface area contributed by atoms with Crippen LogP contribution in [0.15, 0.2) is 66.9 Å². The van der Waals surface area contributed by atoms with E-state index in [2.05, 4.69) is 30.1 Å². The largest absolute Gasteiger partial charge is 0.384 e. The van der Waals surface area contributed by atoms with Gasteiger partial charge in [-0.05, 0) is 109 Å². The number of thiophene rings is 1. The third-order valence-corrected chi connectivity index (χ3v) is 8.44. The molecule has 1 aliphatic heterocycles. The Kier molecular flexibility index (Phi) is 7.64. The molecule has 39 heavy (non-hydrogen) atoms. The number of aryl methyl sites for hydroxylation is 2. The number of allylic oxidation sites excluding steroid dienone is 1. The highest BCUT2D eigenvalue weighted by Gasteiger charge is 2.34. The minimum Gasteiger partial charge on any atom is -0.384 e. The Hall–Kier alpha value is -3.81. The van der Waals surface area contributed by atoms with E-state index in [9.17, 15) is 9.59 Å². The SMILES string of the molecule is Cc1cc(-c2ccc(C(=O)N3CCOCC3(C)C)cc2)cc2cc(CCC(=O)/C=C/c3ccc(N)nc3)sc12. The molecule has 2 N–H and O–H groups in total. The topological polar surface area (TPSA) is 85.5 Å². The van der Waals surface area contributed by atoms with Crippen molar-refractivity contribution in [3.8, 4) is 11.1 Å². The molecule has 3 heterocycles. The van der Waals surface area contributed by atoms with Crippen molar-refractivity contribution >= 4 is 45.0 Å². The van der Waals surface area contributed by atoms with E-state index in [0.29, 0.717) is 44.0 Å². The van der Waals surface area contributed by atoms with Crippen LogP contribution < -0.4 is 5.73 Å². The van der Waals surface area contributed by atoms with Crippen LogP contribution in [-0.4, -0.2) is 46.9 Å². The summed E-state index contributed by atoms with van der Waals surface area (Å²) in [6.45, 7) is 7.92. The summed E-state index contributed by atoms with van der Waals surface area (Å²) in [6, 6.07) is 18.0. The van der Waals surface area contributed by atoms with Gasteiger partial charge in [0.2, 0.25) is 0 Å². The van der Waals surface area contributed by atoms with E-state index in [4.69, 9.17) is 10.5 Å². The first kappa shape index (κ1) is 26.8. The average Bonchev–Trinajstić information content (AvgIpc) is 3.35. The van der Waals surface area contributed by atoms with E-state index in [1.165, 1.54) is 20.5 Å². The van der Waals surface area contributed by atoms with Gasteiger partial charge in [0.05, 0.1) is 18.8 Å². The van der Waals surface area contributed by atoms with Crippen molar-refractivity contribution in [3.63, 3.8) is 0 Å². The molecular weight excluding hydrogens is 506 g/mol. The number of ether oxygens (including phenoxy) is 1. The molecule has 1 fully saturated rings. The second kappa shape index (κ2) is 11.1. The van der Waals surface area contributed by atoms with Crippen LogP contribution in [0.2, 0.25) is 0 Å². The number of carbonyl (C=O) groups excluding carboxylic acids is 2. The van der Waals surface area contributed by atoms with Gasteiger partial charge < -0.3 is 15.4 Å². The second-order valence-electron chi connectivity index (χ2n) is 10.6. The van der Waals surface area contributed by atoms with E-state index in [1.54, 1.807) is 35.8 Å². The van der Waals surface area contributed by atoms with Gasteiger partial charge in [-0.15, -0.1) is 11.3 Å². The molecule has 200 valence electrons. The van der Waals surface area contributed by atoms with Crippen molar-refractivity contribution in [2.45, 2.75) is 39.2 Å². The summed E-state index contributed by atoms with van der Waals surface area (Å²) in [5.41, 5.74) is 10.2. The summed E-state index contributed by atoms with van der Waals surface area (Å²) < 4.78 is 6.81. The minimum atomic E-state index is -0.317. The summed E-state index contributed by atoms with van der Waals surface area (Å²) in [6.07, 6.45) is 6.19. The quantitative estimate of drug-likeness (QED) is 0.278. The van der Waals surface area contributed by atoms with Gasteiger partial charge in [0.15, 0.2) is 5.78 Å². The first-order valence-corrected chi connectivity index (χ1v) is 14.0. The fraction of sp³-hybridized carbons (Fsp3) is 0.281. The maximum atomic E-state index is 13.2. The number of pyridine rings is 1. The molecule has 0 unspecified atom stereocenters. The van der Waals surface area contributed by atoms with Gasteiger partial charge in [-0.2, -0.15) is 0 Å². The van der Waals surface area contributed by atoms with Crippen LogP contribution in [0.1, 0.15) is 46.6 Å². The average molecular weight is 540 g/mol. The molecular formula is C32H33N3O3S. The summed E-state index contributed by atoms with van der Waals surface area (Å²) >= 11 is 1.75. The number of nitrogens with two attached hydrogens (primary N) is 1. The van der Waals surface area contributed by atoms with Gasteiger partial charge in [-0.25, -0.2) is 4.98 Å². The molecule has 6 nitrogen and oxygen atoms in total. The van der Waals surface area contributed by atoms with E-state index in [1.807, 2.05) is 49.1 Å². The molecule has 4 aromatic rings. The lowest BCUT2D eigenvalue weighted by molar-refractivity contribution is -0.114. The monoisotopic (exact) mass is 539 g/mol. The molecule has 1 saturated heterocycles. The molecule has 0 atom stereocenters. The van der Waals surface area contributed by atoms with Crippen LogP contribution in [0.4, 0.5) is 5.82 Å². The lowest BCUT2D eigenvalue weighted by Crippen LogP contribution is -2.55. The van der Waals surface area contributed by atoms with Crippen molar-refractivity contribution < 1.29 is 14.3 Å². The van der Waals surface area contributed by atoms with E-state index in [-0.39, 0.29) is 17.2 Å². The van der Waals surface area contributed by atoms with Gasteiger partial charge in [0.1, 0.15) is 5.82 Å². The molecule has 2 aromatic carbocycles. The zero-order valence-corrected chi connectivity index (χ0v) is 23.4. The number of amides is 1. The number of nitrogens with zero attached hydrogens (tertiary/aromatic N) is 2. The Balaban J connectivity index is 1.27. The van der Waals surface area contributed by atoms with Crippen LogP contribution in [0.3, 0.4) is 0 Å². The number of aromatic nitrogens is 1. The number of ketones is 1. The zero-order chi connectivity index (χ0) is 27.6. The maximum absolute atomic E-state index is 13.2.